The molecule has 5 nitrogen and oxygen atoms in total. The van der Waals surface area contributed by atoms with Gasteiger partial charge in [0.05, 0.1) is 7.11 Å². The summed E-state index contributed by atoms with van der Waals surface area (Å²) >= 11 is 0. The molecule has 1 N–H and O–H groups in total. The molecule has 126 valence electrons. The largest absolute Gasteiger partial charge is 0.494 e. The average Bonchev–Trinajstić information content (AvgIpc) is 2.62. The quantitative estimate of drug-likeness (QED) is 0.937. The number of hydrogen-bond acceptors (Lipinski definition) is 4. The van der Waals surface area contributed by atoms with Crippen molar-refractivity contribution in [3.8, 4) is 5.75 Å². The maximum Gasteiger partial charge on any atom is 0.251 e. The van der Waals surface area contributed by atoms with Crippen molar-refractivity contribution >= 4 is 11.7 Å². The second kappa shape index (κ2) is 7.29. The highest BCUT2D eigenvalue weighted by Crippen LogP contribution is 2.19. The predicted molar refractivity (Wildman–Crippen MR) is 89.9 cm³/mol. The summed E-state index contributed by atoms with van der Waals surface area (Å²) in [6, 6.07) is 10.0. The third kappa shape index (κ3) is 3.64. The minimum absolute atomic E-state index is 0.0124. The van der Waals surface area contributed by atoms with Crippen LogP contribution in [0.2, 0.25) is 0 Å². The summed E-state index contributed by atoms with van der Waals surface area (Å²) in [6.07, 6.45) is 3.63. The number of rotatable bonds is 4. The fourth-order valence-corrected chi connectivity index (χ4v) is 2.92. The van der Waals surface area contributed by atoms with Crippen LogP contribution in [0, 0.1) is 5.82 Å². The molecule has 1 amide bonds. The molecule has 1 atom stereocenters. The fourth-order valence-electron chi connectivity index (χ4n) is 2.92. The lowest BCUT2D eigenvalue weighted by molar-refractivity contribution is 0.0932. The molecule has 0 spiro atoms. The molecule has 1 aliphatic heterocycles. The zero-order valence-corrected chi connectivity index (χ0v) is 13.5. The van der Waals surface area contributed by atoms with Crippen molar-refractivity contribution < 1.29 is 13.9 Å². The number of carbonyl (C=O) groups is 1. The van der Waals surface area contributed by atoms with E-state index in [9.17, 15) is 9.18 Å². The van der Waals surface area contributed by atoms with Crippen molar-refractivity contribution in [3.63, 3.8) is 0 Å². The molecule has 2 aromatic rings. The number of benzene rings is 1. The highest BCUT2D eigenvalue weighted by Gasteiger charge is 2.23. The van der Waals surface area contributed by atoms with Crippen molar-refractivity contribution in [2.24, 2.45) is 0 Å². The molecule has 2 heterocycles. The van der Waals surface area contributed by atoms with Crippen LogP contribution in [0.3, 0.4) is 0 Å². The highest BCUT2D eigenvalue weighted by molar-refractivity contribution is 5.94. The number of ether oxygens (including phenoxy) is 1. The molecule has 1 aliphatic rings. The molecule has 1 fully saturated rings. The Labute approximate surface area is 140 Å². The summed E-state index contributed by atoms with van der Waals surface area (Å²) in [5, 5.41) is 2.98. The van der Waals surface area contributed by atoms with Crippen LogP contribution in [-0.4, -0.2) is 37.1 Å². The fraction of sp³-hybridized carbons (Fsp3) is 0.333. The maximum atomic E-state index is 13.8. The van der Waals surface area contributed by atoms with Crippen LogP contribution in [-0.2, 0) is 0 Å². The van der Waals surface area contributed by atoms with Gasteiger partial charge in [-0.05, 0) is 43.2 Å². The van der Waals surface area contributed by atoms with Gasteiger partial charge in [0, 0.05) is 30.9 Å². The maximum absolute atomic E-state index is 13.8. The zero-order chi connectivity index (χ0) is 16.9. The van der Waals surface area contributed by atoms with Gasteiger partial charge in [-0.25, -0.2) is 9.37 Å². The molecule has 0 bridgehead atoms. The van der Waals surface area contributed by atoms with E-state index >= 15 is 0 Å². The monoisotopic (exact) mass is 329 g/mol. The SMILES string of the molecule is COc1ccc(C(=O)N[C@@H]2CCCN(c3ccccn3)C2)cc1F. The zero-order valence-electron chi connectivity index (χ0n) is 13.5. The molecule has 0 saturated carbocycles. The van der Waals surface area contributed by atoms with Gasteiger partial charge in [-0.1, -0.05) is 6.07 Å². The molecule has 1 aromatic heterocycles. The molecule has 6 heteroatoms. The van der Waals surface area contributed by atoms with Gasteiger partial charge >= 0.3 is 0 Å². The number of methoxy groups -OCH3 is 1. The second-order valence-electron chi connectivity index (χ2n) is 5.80. The number of nitrogens with zero attached hydrogens (tertiary/aromatic N) is 2. The van der Waals surface area contributed by atoms with E-state index in [2.05, 4.69) is 15.2 Å². The lowest BCUT2D eigenvalue weighted by atomic mass is 10.0. The molecule has 24 heavy (non-hydrogen) atoms. The lowest BCUT2D eigenvalue weighted by Gasteiger charge is -2.34. The van der Waals surface area contributed by atoms with Gasteiger partial charge in [-0.3, -0.25) is 4.79 Å². The number of hydrogen-bond donors (Lipinski definition) is 1. The van der Waals surface area contributed by atoms with E-state index in [4.69, 9.17) is 4.74 Å². The molecule has 1 saturated heterocycles. The number of anilines is 1. The smallest absolute Gasteiger partial charge is 0.251 e. The van der Waals surface area contributed by atoms with Crippen molar-refractivity contribution in [1.82, 2.24) is 10.3 Å². The molecule has 1 aromatic carbocycles. The first-order valence-corrected chi connectivity index (χ1v) is 7.98. The molecule has 0 unspecified atom stereocenters. The van der Waals surface area contributed by atoms with Crippen LogP contribution in [0.1, 0.15) is 23.2 Å². The van der Waals surface area contributed by atoms with E-state index < -0.39 is 5.82 Å². The number of carbonyl (C=O) groups excluding carboxylic acids is 1. The van der Waals surface area contributed by atoms with Crippen LogP contribution in [0.25, 0.3) is 0 Å². The number of pyridine rings is 1. The third-order valence-electron chi connectivity index (χ3n) is 4.14. The highest BCUT2D eigenvalue weighted by atomic mass is 19.1. The first kappa shape index (κ1) is 16.2. The number of amides is 1. The predicted octanol–water partition coefficient (Wildman–Crippen LogP) is 2.63. The van der Waals surface area contributed by atoms with Gasteiger partial charge in [0.1, 0.15) is 5.82 Å². The van der Waals surface area contributed by atoms with E-state index in [1.54, 1.807) is 12.3 Å². The summed E-state index contributed by atoms with van der Waals surface area (Å²) < 4.78 is 18.6. The average molecular weight is 329 g/mol. The lowest BCUT2D eigenvalue weighted by Crippen LogP contribution is -2.48. The molecular formula is C18H20FN3O2. The van der Waals surface area contributed by atoms with Crippen LogP contribution < -0.4 is 15.0 Å². The Morgan fingerprint density at radius 3 is 2.96 bits per heavy atom. The normalized spacial score (nSPS) is 17.4. The number of piperidine rings is 1. The van der Waals surface area contributed by atoms with Crippen molar-refractivity contribution in [2.75, 3.05) is 25.1 Å². The van der Waals surface area contributed by atoms with Crippen LogP contribution in [0.15, 0.2) is 42.6 Å². The van der Waals surface area contributed by atoms with Gasteiger partial charge in [0.15, 0.2) is 11.6 Å². The van der Waals surface area contributed by atoms with Gasteiger partial charge in [0.25, 0.3) is 5.91 Å². The van der Waals surface area contributed by atoms with Crippen LogP contribution >= 0.6 is 0 Å². The van der Waals surface area contributed by atoms with Gasteiger partial charge in [0.2, 0.25) is 0 Å². The topological polar surface area (TPSA) is 54.5 Å². The molecular weight excluding hydrogens is 309 g/mol. The van der Waals surface area contributed by atoms with Crippen molar-refractivity contribution in [3.05, 3.63) is 54.0 Å². The molecule has 3 rings (SSSR count). The molecule has 0 aliphatic carbocycles. The first-order chi connectivity index (χ1) is 11.7. The Balaban J connectivity index is 1.65. The Kier molecular flexibility index (Phi) is 4.93. The number of nitrogens with one attached hydrogen (secondary N) is 1. The minimum atomic E-state index is -0.538. The Hall–Kier alpha value is -2.63. The third-order valence-corrected chi connectivity index (χ3v) is 4.14. The van der Waals surface area contributed by atoms with Crippen molar-refractivity contribution in [2.45, 2.75) is 18.9 Å². The van der Waals surface area contributed by atoms with Gasteiger partial charge < -0.3 is 15.0 Å². The van der Waals surface area contributed by atoms with E-state index in [0.717, 1.165) is 25.2 Å². The number of aromatic nitrogens is 1. The van der Waals surface area contributed by atoms with Gasteiger partial charge in [-0.2, -0.15) is 0 Å². The van der Waals surface area contributed by atoms with Crippen molar-refractivity contribution in [1.29, 1.82) is 0 Å². The Morgan fingerprint density at radius 1 is 1.38 bits per heavy atom. The van der Waals surface area contributed by atoms with Crippen LogP contribution in [0.4, 0.5) is 10.2 Å². The molecule has 0 radical (unpaired) electrons. The summed E-state index contributed by atoms with van der Waals surface area (Å²) in [7, 11) is 1.40. The second-order valence-corrected chi connectivity index (χ2v) is 5.80. The van der Waals surface area contributed by atoms with E-state index in [-0.39, 0.29) is 17.7 Å². The first-order valence-electron chi connectivity index (χ1n) is 7.98. The summed E-state index contributed by atoms with van der Waals surface area (Å²) in [4.78, 5) is 18.9. The summed E-state index contributed by atoms with van der Waals surface area (Å²) in [6.45, 7) is 1.61. The summed E-state index contributed by atoms with van der Waals surface area (Å²) in [5.74, 6) is 0.228. The van der Waals surface area contributed by atoms with E-state index in [1.807, 2.05) is 18.2 Å². The summed E-state index contributed by atoms with van der Waals surface area (Å²) in [5.41, 5.74) is 0.295. The Bertz CT molecular complexity index is 709. The Morgan fingerprint density at radius 2 is 2.25 bits per heavy atom. The van der Waals surface area contributed by atoms with Gasteiger partial charge in [-0.15, -0.1) is 0 Å². The standard InChI is InChI=1S/C18H20FN3O2/c1-24-16-8-7-13(11-15(16)19)18(23)21-14-5-4-10-22(12-14)17-6-2-3-9-20-17/h2-3,6-9,11,14H,4-5,10,12H2,1H3,(H,21,23)/t14-/m1/s1. The van der Waals surface area contributed by atoms with E-state index in [0.29, 0.717) is 12.1 Å². The van der Waals surface area contributed by atoms with E-state index in [1.165, 1.54) is 19.2 Å². The minimum Gasteiger partial charge on any atom is -0.494 e. The van der Waals surface area contributed by atoms with Crippen LogP contribution in [0.5, 0.6) is 5.75 Å². The number of halogens is 1.